The molecule has 0 atom stereocenters. The van der Waals surface area contributed by atoms with Gasteiger partial charge in [-0.05, 0) is 62.7 Å². The van der Waals surface area contributed by atoms with Crippen molar-refractivity contribution in [2.45, 2.75) is 56.5 Å². The molecule has 0 unspecified atom stereocenters. The maximum Gasteiger partial charge on any atom is 0.238 e. The van der Waals surface area contributed by atoms with E-state index >= 15 is 0 Å². The highest BCUT2D eigenvalue weighted by molar-refractivity contribution is 5.85. The fourth-order valence-electron chi connectivity index (χ4n) is 5.26. The molecule has 1 aromatic carbocycles. The number of piperidine rings is 2. The smallest absolute Gasteiger partial charge is 0.238 e. The third kappa shape index (κ3) is 3.94. The molecular formula is C22H32N4O2. The number of benzene rings is 1. The number of likely N-dealkylation sites (tertiary alicyclic amines) is 2. The van der Waals surface area contributed by atoms with Crippen LogP contribution in [0, 0.1) is 0 Å². The Morgan fingerprint density at radius 1 is 1.00 bits per heavy atom. The van der Waals surface area contributed by atoms with Gasteiger partial charge in [-0.15, -0.1) is 0 Å². The molecule has 1 aromatic rings. The molecule has 2 heterocycles. The van der Waals surface area contributed by atoms with Gasteiger partial charge in [-0.3, -0.25) is 19.4 Å². The minimum Gasteiger partial charge on any atom is -0.368 e. The monoisotopic (exact) mass is 384 g/mol. The number of amides is 2. The van der Waals surface area contributed by atoms with Gasteiger partial charge < -0.3 is 11.1 Å². The van der Waals surface area contributed by atoms with E-state index in [1.165, 1.54) is 17.5 Å². The van der Waals surface area contributed by atoms with E-state index in [1.807, 2.05) is 0 Å². The Bertz CT molecular complexity index is 696. The van der Waals surface area contributed by atoms with Crippen LogP contribution in [0.4, 0.5) is 0 Å². The molecule has 6 heteroatoms. The van der Waals surface area contributed by atoms with E-state index in [-0.39, 0.29) is 17.9 Å². The summed E-state index contributed by atoms with van der Waals surface area (Å²) < 4.78 is 0. The van der Waals surface area contributed by atoms with Crippen molar-refractivity contribution in [3.05, 3.63) is 35.4 Å². The van der Waals surface area contributed by atoms with Gasteiger partial charge in [0.2, 0.25) is 11.8 Å². The lowest BCUT2D eigenvalue weighted by atomic mass is 9.83. The second kappa shape index (κ2) is 8.21. The molecule has 0 radical (unpaired) electrons. The zero-order valence-electron chi connectivity index (χ0n) is 16.7. The van der Waals surface area contributed by atoms with E-state index in [0.717, 1.165) is 64.7 Å². The minimum atomic E-state index is -0.513. The van der Waals surface area contributed by atoms with E-state index < -0.39 is 5.54 Å². The summed E-state index contributed by atoms with van der Waals surface area (Å²) in [7, 11) is 0. The fraction of sp³-hybridized carbons (Fsp3) is 0.636. The van der Waals surface area contributed by atoms with Gasteiger partial charge in [0.05, 0.1) is 6.54 Å². The molecule has 0 aromatic heterocycles. The van der Waals surface area contributed by atoms with Crippen molar-refractivity contribution < 1.29 is 9.59 Å². The fourth-order valence-corrected chi connectivity index (χ4v) is 5.26. The molecular weight excluding hydrogens is 352 g/mol. The first kappa shape index (κ1) is 19.4. The van der Waals surface area contributed by atoms with Gasteiger partial charge in [-0.2, -0.15) is 0 Å². The summed E-state index contributed by atoms with van der Waals surface area (Å²) in [6.07, 6.45) is 6.82. The molecule has 4 rings (SSSR count). The highest BCUT2D eigenvalue weighted by Gasteiger charge is 2.45. The lowest BCUT2D eigenvalue weighted by Gasteiger charge is -2.48. The third-order valence-corrected chi connectivity index (χ3v) is 6.89. The van der Waals surface area contributed by atoms with Crippen LogP contribution in [0.1, 0.15) is 43.2 Å². The number of nitrogens with zero attached hydrogens (tertiary/aromatic N) is 2. The summed E-state index contributed by atoms with van der Waals surface area (Å²) in [5, 5.41) is 3.20. The first-order chi connectivity index (χ1) is 13.6. The van der Waals surface area contributed by atoms with Crippen LogP contribution in [-0.2, 0) is 22.4 Å². The van der Waals surface area contributed by atoms with Crippen LogP contribution < -0.4 is 11.1 Å². The standard InChI is InChI=1S/C22H32N4O2/c23-21(28)22(26-10-4-1-5-11-26)8-12-25(13-9-22)16-20(27)24-19-14-17-6-2-3-7-18(17)15-19/h2-3,6-7,19H,1,4-5,8-16H2,(H2,23,28)(H,24,27). The molecule has 3 aliphatic rings. The Morgan fingerprint density at radius 3 is 2.18 bits per heavy atom. The molecule has 2 saturated heterocycles. The highest BCUT2D eigenvalue weighted by atomic mass is 16.2. The maximum atomic E-state index is 12.6. The number of carbonyl (C=O) groups is 2. The molecule has 2 aliphatic heterocycles. The van der Waals surface area contributed by atoms with E-state index in [2.05, 4.69) is 39.4 Å². The Balaban J connectivity index is 1.28. The lowest BCUT2D eigenvalue weighted by molar-refractivity contribution is -0.135. The summed E-state index contributed by atoms with van der Waals surface area (Å²) in [5.41, 5.74) is 8.03. The van der Waals surface area contributed by atoms with Gasteiger partial charge in [-0.1, -0.05) is 30.7 Å². The number of hydrogen-bond acceptors (Lipinski definition) is 4. The van der Waals surface area contributed by atoms with Crippen LogP contribution in [0.25, 0.3) is 0 Å². The molecule has 28 heavy (non-hydrogen) atoms. The number of nitrogens with two attached hydrogens (primary N) is 1. The normalized spacial score (nSPS) is 23.3. The molecule has 2 amide bonds. The summed E-state index contributed by atoms with van der Waals surface area (Å²) in [6.45, 7) is 3.83. The molecule has 152 valence electrons. The second-order valence-electron chi connectivity index (χ2n) is 8.66. The van der Waals surface area contributed by atoms with E-state index in [9.17, 15) is 9.59 Å². The van der Waals surface area contributed by atoms with E-state index in [4.69, 9.17) is 5.73 Å². The average molecular weight is 385 g/mol. The predicted octanol–water partition coefficient (Wildman–Crippen LogP) is 1.08. The van der Waals surface area contributed by atoms with Crippen molar-refractivity contribution in [3.8, 4) is 0 Å². The Hall–Kier alpha value is -1.92. The zero-order valence-corrected chi connectivity index (χ0v) is 16.7. The van der Waals surface area contributed by atoms with Gasteiger partial charge in [0.15, 0.2) is 0 Å². The van der Waals surface area contributed by atoms with Crippen molar-refractivity contribution >= 4 is 11.8 Å². The van der Waals surface area contributed by atoms with E-state index in [0.29, 0.717) is 6.54 Å². The third-order valence-electron chi connectivity index (χ3n) is 6.89. The van der Waals surface area contributed by atoms with Crippen LogP contribution in [0.15, 0.2) is 24.3 Å². The van der Waals surface area contributed by atoms with Gasteiger partial charge in [0.1, 0.15) is 5.54 Å². The first-order valence-electron chi connectivity index (χ1n) is 10.7. The summed E-state index contributed by atoms with van der Waals surface area (Å²) in [4.78, 5) is 29.4. The molecule has 0 spiro atoms. The summed E-state index contributed by atoms with van der Waals surface area (Å²) in [5.74, 6) is -0.107. The minimum absolute atomic E-state index is 0.0855. The topological polar surface area (TPSA) is 78.7 Å². The Labute approximate surface area is 167 Å². The number of carbonyl (C=O) groups excluding carboxylic acids is 2. The van der Waals surface area contributed by atoms with Crippen LogP contribution >= 0.6 is 0 Å². The quantitative estimate of drug-likeness (QED) is 0.796. The predicted molar refractivity (Wildman–Crippen MR) is 109 cm³/mol. The van der Waals surface area contributed by atoms with Gasteiger partial charge in [-0.25, -0.2) is 0 Å². The van der Waals surface area contributed by atoms with Crippen molar-refractivity contribution in [2.75, 3.05) is 32.7 Å². The van der Waals surface area contributed by atoms with Crippen molar-refractivity contribution in [2.24, 2.45) is 5.73 Å². The summed E-state index contributed by atoms with van der Waals surface area (Å²) >= 11 is 0. The average Bonchev–Trinajstić information content (AvgIpc) is 3.11. The maximum absolute atomic E-state index is 12.6. The molecule has 2 fully saturated rings. The van der Waals surface area contributed by atoms with Gasteiger partial charge in [0.25, 0.3) is 0 Å². The molecule has 6 nitrogen and oxygen atoms in total. The van der Waals surface area contributed by atoms with Gasteiger partial charge in [0, 0.05) is 19.1 Å². The molecule has 0 saturated carbocycles. The lowest BCUT2D eigenvalue weighted by Crippen LogP contribution is -2.63. The number of hydrogen-bond donors (Lipinski definition) is 2. The first-order valence-corrected chi connectivity index (χ1v) is 10.7. The van der Waals surface area contributed by atoms with Crippen LogP contribution in [0.5, 0.6) is 0 Å². The van der Waals surface area contributed by atoms with Crippen LogP contribution in [0.2, 0.25) is 0 Å². The second-order valence-corrected chi connectivity index (χ2v) is 8.66. The van der Waals surface area contributed by atoms with Crippen LogP contribution in [-0.4, -0.2) is 65.9 Å². The van der Waals surface area contributed by atoms with E-state index in [1.54, 1.807) is 0 Å². The molecule has 1 aliphatic carbocycles. The largest absolute Gasteiger partial charge is 0.368 e. The van der Waals surface area contributed by atoms with Crippen LogP contribution in [0.3, 0.4) is 0 Å². The van der Waals surface area contributed by atoms with Crippen molar-refractivity contribution in [1.82, 2.24) is 15.1 Å². The number of nitrogens with one attached hydrogen (secondary N) is 1. The number of fused-ring (bicyclic) bond motifs is 1. The SMILES string of the molecule is NC(=O)C1(N2CCCCC2)CCN(CC(=O)NC2Cc3ccccc3C2)CC1. The van der Waals surface area contributed by atoms with Crippen molar-refractivity contribution in [3.63, 3.8) is 0 Å². The highest BCUT2D eigenvalue weighted by Crippen LogP contribution is 2.31. The molecule has 0 bridgehead atoms. The zero-order chi connectivity index (χ0) is 19.6. The Morgan fingerprint density at radius 2 is 1.61 bits per heavy atom. The number of rotatable bonds is 5. The number of primary amides is 1. The Kier molecular flexibility index (Phi) is 5.69. The van der Waals surface area contributed by atoms with Gasteiger partial charge >= 0.3 is 0 Å². The van der Waals surface area contributed by atoms with Crippen molar-refractivity contribution in [1.29, 1.82) is 0 Å². The summed E-state index contributed by atoms with van der Waals surface area (Å²) in [6, 6.07) is 8.62. The molecule has 3 N–H and O–H groups in total.